The molecule has 1 N–H and O–H groups in total. The Morgan fingerprint density at radius 1 is 1.29 bits per heavy atom. The third kappa shape index (κ3) is 1.74. The van der Waals surface area contributed by atoms with Crippen molar-refractivity contribution in [3.05, 3.63) is 42.1 Å². The van der Waals surface area contributed by atoms with Gasteiger partial charge in [0, 0.05) is 17.6 Å². The first kappa shape index (κ1) is 8.75. The zero-order valence-electron chi connectivity index (χ0n) is 7.73. The maximum Gasteiger partial charge on any atom is 0.123 e. The van der Waals surface area contributed by atoms with Crippen molar-refractivity contribution < 1.29 is 4.79 Å². The Labute approximate surface area is 82.3 Å². The summed E-state index contributed by atoms with van der Waals surface area (Å²) in [6.45, 7) is 0. The summed E-state index contributed by atoms with van der Waals surface area (Å²) in [5.41, 5.74) is 2.16. The van der Waals surface area contributed by atoms with Crippen molar-refractivity contribution in [2.45, 2.75) is 6.42 Å². The van der Waals surface area contributed by atoms with Gasteiger partial charge in [-0.2, -0.15) is 0 Å². The molecule has 2 nitrogen and oxygen atoms in total. The summed E-state index contributed by atoms with van der Waals surface area (Å²) >= 11 is 0. The molecule has 0 fully saturated rings. The van der Waals surface area contributed by atoms with E-state index < -0.39 is 0 Å². The fraction of sp³-hybridized carbons (Fsp3) is 0.0833. The summed E-state index contributed by atoms with van der Waals surface area (Å²) in [6, 6.07) is 10.2. The van der Waals surface area contributed by atoms with Gasteiger partial charge in [-0.05, 0) is 23.6 Å². The van der Waals surface area contributed by atoms with E-state index in [9.17, 15) is 4.79 Å². The van der Waals surface area contributed by atoms with Crippen LogP contribution in [0.25, 0.3) is 17.0 Å². The van der Waals surface area contributed by atoms with Gasteiger partial charge in [-0.15, -0.1) is 0 Å². The van der Waals surface area contributed by atoms with Gasteiger partial charge in [-0.1, -0.05) is 24.3 Å². The van der Waals surface area contributed by atoms with Gasteiger partial charge >= 0.3 is 0 Å². The van der Waals surface area contributed by atoms with Crippen molar-refractivity contribution in [3.63, 3.8) is 0 Å². The Hall–Kier alpha value is -1.83. The molecule has 0 spiro atoms. The number of hydrogen-bond acceptors (Lipinski definition) is 1. The van der Waals surface area contributed by atoms with Crippen LogP contribution < -0.4 is 0 Å². The van der Waals surface area contributed by atoms with Crippen LogP contribution in [0, 0.1) is 0 Å². The normalized spacial score (nSPS) is 11.1. The van der Waals surface area contributed by atoms with Crippen LogP contribution in [0.3, 0.4) is 0 Å². The van der Waals surface area contributed by atoms with E-state index in [0.29, 0.717) is 6.42 Å². The van der Waals surface area contributed by atoms with E-state index in [4.69, 9.17) is 0 Å². The first-order valence-electron chi connectivity index (χ1n) is 4.58. The number of allylic oxidation sites excluding steroid dienone is 1. The monoisotopic (exact) mass is 185 g/mol. The lowest BCUT2D eigenvalue weighted by atomic mass is 10.2. The fourth-order valence-electron chi connectivity index (χ4n) is 1.44. The van der Waals surface area contributed by atoms with Crippen molar-refractivity contribution in [2.75, 3.05) is 0 Å². The SMILES string of the molecule is O=CCC=Cc1cc2ccccc2[nH]1. The number of carbonyl (C=O) groups excluding carboxylic acids is 1. The van der Waals surface area contributed by atoms with E-state index in [1.165, 1.54) is 5.39 Å². The van der Waals surface area contributed by atoms with Crippen molar-refractivity contribution in [1.82, 2.24) is 4.98 Å². The molecule has 70 valence electrons. The minimum Gasteiger partial charge on any atom is -0.355 e. The van der Waals surface area contributed by atoms with Crippen LogP contribution in [0.15, 0.2) is 36.4 Å². The molecule has 0 amide bonds. The molecule has 0 bridgehead atoms. The molecule has 2 rings (SSSR count). The van der Waals surface area contributed by atoms with E-state index in [0.717, 1.165) is 17.5 Å². The first-order valence-corrected chi connectivity index (χ1v) is 4.58. The predicted molar refractivity (Wildman–Crippen MR) is 58.0 cm³/mol. The number of benzene rings is 1. The van der Waals surface area contributed by atoms with Crippen LogP contribution in [-0.2, 0) is 4.79 Å². The van der Waals surface area contributed by atoms with Gasteiger partial charge < -0.3 is 9.78 Å². The Morgan fingerprint density at radius 3 is 2.93 bits per heavy atom. The molecule has 14 heavy (non-hydrogen) atoms. The average molecular weight is 185 g/mol. The van der Waals surface area contributed by atoms with E-state index >= 15 is 0 Å². The van der Waals surface area contributed by atoms with Gasteiger partial charge in [0.2, 0.25) is 0 Å². The number of fused-ring (bicyclic) bond motifs is 1. The highest BCUT2D eigenvalue weighted by Gasteiger charge is 1.95. The number of nitrogens with one attached hydrogen (secondary N) is 1. The molecular weight excluding hydrogens is 174 g/mol. The van der Waals surface area contributed by atoms with Crippen LogP contribution in [0.2, 0.25) is 0 Å². The highest BCUT2D eigenvalue weighted by Crippen LogP contribution is 2.15. The number of carbonyl (C=O) groups is 1. The van der Waals surface area contributed by atoms with Crippen molar-refractivity contribution in [3.8, 4) is 0 Å². The molecule has 1 aromatic heterocycles. The van der Waals surface area contributed by atoms with Gasteiger partial charge in [0.05, 0.1) is 0 Å². The molecule has 1 aromatic carbocycles. The number of para-hydroxylation sites is 1. The highest BCUT2D eigenvalue weighted by atomic mass is 16.1. The summed E-state index contributed by atoms with van der Waals surface area (Å²) in [5, 5.41) is 1.19. The van der Waals surface area contributed by atoms with Crippen molar-refractivity contribution in [2.24, 2.45) is 0 Å². The highest BCUT2D eigenvalue weighted by molar-refractivity contribution is 5.82. The van der Waals surface area contributed by atoms with Gasteiger partial charge in [0.25, 0.3) is 0 Å². The third-order valence-electron chi connectivity index (χ3n) is 2.08. The molecule has 0 aliphatic rings. The topological polar surface area (TPSA) is 32.9 Å². The standard InChI is InChI=1S/C12H11NO/c14-8-4-3-6-11-9-10-5-1-2-7-12(10)13-11/h1-3,5-9,13H,4H2. The fourth-order valence-corrected chi connectivity index (χ4v) is 1.44. The summed E-state index contributed by atoms with van der Waals surface area (Å²) in [4.78, 5) is 13.4. The van der Waals surface area contributed by atoms with Crippen molar-refractivity contribution >= 4 is 23.3 Å². The van der Waals surface area contributed by atoms with Gasteiger partial charge in [0.1, 0.15) is 6.29 Å². The largest absolute Gasteiger partial charge is 0.355 e. The van der Waals surface area contributed by atoms with E-state index in [-0.39, 0.29) is 0 Å². The molecule has 2 aromatic rings. The number of aldehydes is 1. The second kappa shape index (κ2) is 3.92. The van der Waals surface area contributed by atoms with Crippen LogP contribution in [0.1, 0.15) is 12.1 Å². The second-order valence-electron chi connectivity index (χ2n) is 3.12. The molecule has 0 aliphatic carbocycles. The summed E-state index contributed by atoms with van der Waals surface area (Å²) in [7, 11) is 0. The van der Waals surface area contributed by atoms with Crippen molar-refractivity contribution in [1.29, 1.82) is 0 Å². The maximum absolute atomic E-state index is 10.1. The second-order valence-corrected chi connectivity index (χ2v) is 3.12. The molecule has 0 saturated carbocycles. The zero-order valence-corrected chi connectivity index (χ0v) is 7.73. The maximum atomic E-state index is 10.1. The number of hydrogen-bond donors (Lipinski definition) is 1. The van der Waals surface area contributed by atoms with Crippen LogP contribution in [0.4, 0.5) is 0 Å². The van der Waals surface area contributed by atoms with Gasteiger partial charge in [-0.3, -0.25) is 0 Å². The zero-order chi connectivity index (χ0) is 9.80. The van der Waals surface area contributed by atoms with E-state index in [1.54, 1.807) is 0 Å². The van der Waals surface area contributed by atoms with Gasteiger partial charge in [0.15, 0.2) is 0 Å². The van der Waals surface area contributed by atoms with Crippen LogP contribution in [-0.4, -0.2) is 11.3 Å². The molecular formula is C12H11NO. The Kier molecular flexibility index (Phi) is 2.45. The lowest BCUT2D eigenvalue weighted by Crippen LogP contribution is -1.70. The molecule has 1 heterocycles. The predicted octanol–water partition coefficient (Wildman–Crippen LogP) is 2.77. The first-order chi connectivity index (χ1) is 6.90. The molecule has 0 radical (unpaired) electrons. The van der Waals surface area contributed by atoms with Crippen LogP contribution in [0.5, 0.6) is 0 Å². The number of aromatic amines is 1. The molecule has 0 unspecified atom stereocenters. The summed E-state index contributed by atoms with van der Waals surface area (Å²) in [6.07, 6.45) is 5.13. The smallest absolute Gasteiger partial charge is 0.123 e. The summed E-state index contributed by atoms with van der Waals surface area (Å²) < 4.78 is 0. The number of H-pyrrole nitrogens is 1. The average Bonchev–Trinajstić information content (AvgIpc) is 2.60. The number of aromatic nitrogens is 1. The molecule has 0 atom stereocenters. The summed E-state index contributed by atoms with van der Waals surface area (Å²) in [5.74, 6) is 0. The lowest BCUT2D eigenvalue weighted by molar-refractivity contribution is -0.107. The van der Waals surface area contributed by atoms with E-state index in [1.807, 2.05) is 30.4 Å². The van der Waals surface area contributed by atoms with Gasteiger partial charge in [-0.25, -0.2) is 0 Å². The minimum absolute atomic E-state index is 0.468. The molecule has 0 aliphatic heterocycles. The Bertz CT molecular complexity index is 435. The van der Waals surface area contributed by atoms with E-state index in [2.05, 4.69) is 17.1 Å². The number of rotatable bonds is 3. The quantitative estimate of drug-likeness (QED) is 0.733. The Balaban J connectivity index is 2.31. The third-order valence-corrected chi connectivity index (χ3v) is 2.08. The minimum atomic E-state index is 0.468. The van der Waals surface area contributed by atoms with Crippen LogP contribution >= 0.6 is 0 Å². The molecule has 0 saturated heterocycles. The lowest BCUT2D eigenvalue weighted by Gasteiger charge is -1.84. The Morgan fingerprint density at radius 2 is 2.14 bits per heavy atom. The molecule has 2 heteroatoms.